The van der Waals surface area contributed by atoms with E-state index in [1.807, 2.05) is 13.8 Å². The lowest BCUT2D eigenvalue weighted by molar-refractivity contribution is 0.0796. The van der Waals surface area contributed by atoms with Gasteiger partial charge in [0, 0.05) is 25.2 Å². The molecule has 1 aliphatic rings. The molecule has 0 saturated carbocycles. The summed E-state index contributed by atoms with van der Waals surface area (Å²) in [6, 6.07) is 2.81. The normalized spacial score (nSPS) is 16.0. The van der Waals surface area contributed by atoms with E-state index in [2.05, 4.69) is 0 Å². The van der Waals surface area contributed by atoms with Crippen LogP contribution in [-0.2, 0) is 4.74 Å². The van der Waals surface area contributed by atoms with Crippen molar-refractivity contribution in [1.82, 2.24) is 9.47 Å². The smallest absolute Gasteiger partial charge is 0.420 e. The zero-order valence-corrected chi connectivity index (χ0v) is 14.8. The van der Waals surface area contributed by atoms with Crippen molar-refractivity contribution in [2.24, 2.45) is 5.92 Å². The molecule has 1 fully saturated rings. The number of aryl methyl sites for hydroxylation is 1. The SMILES string of the molecule is Cc1cc2c(cc1F)oc(=O)n2C1CCN(C(=O)OCC(C)C)CC1. The van der Waals surface area contributed by atoms with Crippen molar-refractivity contribution in [3.05, 3.63) is 34.1 Å². The minimum absolute atomic E-state index is 0.0761. The van der Waals surface area contributed by atoms with Gasteiger partial charge in [0.1, 0.15) is 5.82 Å². The summed E-state index contributed by atoms with van der Waals surface area (Å²) in [7, 11) is 0. The second-order valence-electron chi connectivity index (χ2n) is 7.00. The van der Waals surface area contributed by atoms with Crippen LogP contribution in [0.15, 0.2) is 21.3 Å². The highest BCUT2D eigenvalue weighted by Gasteiger charge is 2.27. The van der Waals surface area contributed by atoms with Gasteiger partial charge in [0.2, 0.25) is 0 Å². The number of hydrogen-bond donors (Lipinski definition) is 0. The molecule has 0 unspecified atom stereocenters. The van der Waals surface area contributed by atoms with Gasteiger partial charge in [-0.25, -0.2) is 14.0 Å². The van der Waals surface area contributed by atoms with Crippen LogP contribution in [0.2, 0.25) is 0 Å². The van der Waals surface area contributed by atoms with Crippen molar-refractivity contribution >= 4 is 17.2 Å². The fraction of sp³-hybridized carbons (Fsp3) is 0.556. The third-order valence-corrected chi connectivity index (χ3v) is 4.52. The number of likely N-dealkylation sites (tertiary alicyclic amines) is 1. The van der Waals surface area contributed by atoms with E-state index in [9.17, 15) is 14.0 Å². The Morgan fingerprint density at radius 2 is 2.04 bits per heavy atom. The number of rotatable bonds is 3. The van der Waals surface area contributed by atoms with E-state index >= 15 is 0 Å². The zero-order chi connectivity index (χ0) is 18.1. The lowest BCUT2D eigenvalue weighted by Gasteiger charge is -2.31. The number of nitrogens with zero attached hydrogens (tertiary/aromatic N) is 2. The van der Waals surface area contributed by atoms with Gasteiger partial charge in [-0.15, -0.1) is 0 Å². The Labute approximate surface area is 145 Å². The Morgan fingerprint density at radius 3 is 2.68 bits per heavy atom. The van der Waals surface area contributed by atoms with Gasteiger partial charge < -0.3 is 14.1 Å². The highest BCUT2D eigenvalue weighted by atomic mass is 19.1. The standard InChI is InChI=1S/C18H23FN2O4/c1-11(2)10-24-17(22)20-6-4-13(5-7-20)21-15-8-12(3)14(19)9-16(15)25-18(21)23/h8-9,11,13H,4-7,10H2,1-3H3. The van der Waals surface area contributed by atoms with Crippen LogP contribution in [0.25, 0.3) is 11.1 Å². The van der Waals surface area contributed by atoms with E-state index < -0.39 is 11.6 Å². The molecule has 0 atom stereocenters. The lowest BCUT2D eigenvalue weighted by atomic mass is 10.0. The first kappa shape index (κ1) is 17.5. The summed E-state index contributed by atoms with van der Waals surface area (Å²) in [4.78, 5) is 25.9. The highest BCUT2D eigenvalue weighted by Crippen LogP contribution is 2.27. The van der Waals surface area contributed by atoms with Crippen LogP contribution < -0.4 is 5.76 Å². The maximum atomic E-state index is 13.7. The second kappa shape index (κ2) is 6.90. The van der Waals surface area contributed by atoms with Crippen LogP contribution in [0.5, 0.6) is 0 Å². The van der Waals surface area contributed by atoms with Gasteiger partial charge in [-0.2, -0.15) is 0 Å². The number of aromatic nitrogens is 1. The van der Waals surface area contributed by atoms with Gasteiger partial charge in [0.15, 0.2) is 5.58 Å². The van der Waals surface area contributed by atoms with Crippen LogP contribution in [0, 0.1) is 18.7 Å². The molecule has 1 amide bonds. The molecule has 0 bridgehead atoms. The number of halogens is 1. The molecule has 3 rings (SSSR count). The van der Waals surface area contributed by atoms with E-state index in [0.29, 0.717) is 49.5 Å². The van der Waals surface area contributed by atoms with Crippen molar-refractivity contribution < 1.29 is 18.3 Å². The number of fused-ring (bicyclic) bond motifs is 1. The monoisotopic (exact) mass is 350 g/mol. The van der Waals surface area contributed by atoms with Crippen LogP contribution in [0.4, 0.5) is 9.18 Å². The van der Waals surface area contributed by atoms with Crippen molar-refractivity contribution in [2.45, 2.75) is 39.7 Å². The molecule has 136 valence electrons. The average Bonchev–Trinajstić information content (AvgIpc) is 2.88. The van der Waals surface area contributed by atoms with Crippen LogP contribution in [0.3, 0.4) is 0 Å². The fourth-order valence-corrected chi connectivity index (χ4v) is 3.14. The predicted octanol–water partition coefficient (Wildman–Crippen LogP) is 3.47. The van der Waals surface area contributed by atoms with Crippen LogP contribution >= 0.6 is 0 Å². The van der Waals surface area contributed by atoms with E-state index in [-0.39, 0.29) is 17.7 Å². The summed E-state index contributed by atoms with van der Waals surface area (Å²) in [5.74, 6) is -0.585. The van der Waals surface area contributed by atoms with Gasteiger partial charge in [-0.05, 0) is 37.3 Å². The van der Waals surface area contributed by atoms with Gasteiger partial charge in [0.05, 0.1) is 12.1 Å². The van der Waals surface area contributed by atoms with Gasteiger partial charge in [-0.3, -0.25) is 4.57 Å². The van der Waals surface area contributed by atoms with Crippen molar-refractivity contribution in [1.29, 1.82) is 0 Å². The summed E-state index contributed by atoms with van der Waals surface area (Å²) in [5, 5.41) is 0. The number of carbonyl (C=O) groups excluding carboxylic acids is 1. The Kier molecular flexibility index (Phi) is 4.83. The van der Waals surface area contributed by atoms with Gasteiger partial charge >= 0.3 is 11.8 Å². The number of amides is 1. The van der Waals surface area contributed by atoms with Crippen molar-refractivity contribution in [3.8, 4) is 0 Å². The maximum absolute atomic E-state index is 13.7. The highest BCUT2D eigenvalue weighted by molar-refractivity contribution is 5.74. The number of carbonyl (C=O) groups is 1. The molecule has 25 heavy (non-hydrogen) atoms. The molecule has 6 nitrogen and oxygen atoms in total. The molecular weight excluding hydrogens is 327 g/mol. The third kappa shape index (κ3) is 3.55. The molecule has 0 radical (unpaired) electrons. The molecular formula is C18H23FN2O4. The number of piperidine rings is 1. The Morgan fingerprint density at radius 1 is 1.36 bits per heavy atom. The molecule has 2 aromatic rings. The van der Waals surface area contributed by atoms with E-state index in [4.69, 9.17) is 9.15 Å². The van der Waals surface area contributed by atoms with Gasteiger partial charge in [0.25, 0.3) is 0 Å². The molecule has 7 heteroatoms. The summed E-state index contributed by atoms with van der Waals surface area (Å²) < 4.78 is 25.7. The van der Waals surface area contributed by atoms with Crippen LogP contribution in [-0.4, -0.2) is 35.3 Å². The van der Waals surface area contributed by atoms with Gasteiger partial charge in [-0.1, -0.05) is 13.8 Å². The molecule has 1 aromatic heterocycles. The third-order valence-electron chi connectivity index (χ3n) is 4.52. The summed E-state index contributed by atoms with van der Waals surface area (Å²) in [6.45, 7) is 7.06. The molecule has 1 aromatic carbocycles. The van der Waals surface area contributed by atoms with Crippen molar-refractivity contribution in [2.75, 3.05) is 19.7 Å². The molecule has 0 spiro atoms. The zero-order valence-electron chi connectivity index (χ0n) is 14.8. The lowest BCUT2D eigenvalue weighted by Crippen LogP contribution is -2.40. The Balaban J connectivity index is 1.74. The Bertz CT molecular complexity index is 831. The number of hydrogen-bond acceptors (Lipinski definition) is 4. The quantitative estimate of drug-likeness (QED) is 0.850. The maximum Gasteiger partial charge on any atom is 0.420 e. The molecule has 0 aliphatic carbocycles. The largest absolute Gasteiger partial charge is 0.449 e. The average molecular weight is 350 g/mol. The fourth-order valence-electron chi connectivity index (χ4n) is 3.14. The minimum Gasteiger partial charge on any atom is -0.449 e. The number of ether oxygens (including phenoxy) is 1. The predicted molar refractivity (Wildman–Crippen MR) is 91.2 cm³/mol. The molecule has 1 saturated heterocycles. The topological polar surface area (TPSA) is 64.7 Å². The number of benzene rings is 1. The molecule has 1 aliphatic heterocycles. The first-order valence-electron chi connectivity index (χ1n) is 8.59. The van der Waals surface area contributed by atoms with E-state index in [0.717, 1.165) is 0 Å². The summed E-state index contributed by atoms with van der Waals surface area (Å²) in [6.07, 6.45) is 0.943. The minimum atomic E-state index is -0.485. The number of oxazole rings is 1. The Hall–Kier alpha value is -2.31. The second-order valence-corrected chi connectivity index (χ2v) is 7.00. The molecule has 0 N–H and O–H groups in total. The van der Waals surface area contributed by atoms with Crippen molar-refractivity contribution in [3.63, 3.8) is 0 Å². The molecule has 2 heterocycles. The van der Waals surface area contributed by atoms with Crippen LogP contribution in [0.1, 0.15) is 38.3 Å². The summed E-state index contributed by atoms with van der Waals surface area (Å²) >= 11 is 0. The van der Waals surface area contributed by atoms with E-state index in [1.165, 1.54) is 6.07 Å². The van der Waals surface area contributed by atoms with E-state index in [1.54, 1.807) is 22.5 Å². The first-order valence-corrected chi connectivity index (χ1v) is 8.59. The first-order chi connectivity index (χ1) is 11.9. The summed E-state index contributed by atoms with van der Waals surface area (Å²) in [5.41, 5.74) is 1.33.